The summed E-state index contributed by atoms with van der Waals surface area (Å²) in [5, 5.41) is 8.86. The lowest BCUT2D eigenvalue weighted by molar-refractivity contribution is 0.0743. The highest BCUT2D eigenvalue weighted by atomic mass is 32.2. The molecule has 1 amide bonds. The van der Waals surface area contributed by atoms with E-state index in [0.29, 0.717) is 19.7 Å². The van der Waals surface area contributed by atoms with Crippen LogP contribution in [-0.2, 0) is 0 Å². The molecule has 3 aromatic rings. The molecule has 2 heterocycles. The molecule has 1 saturated heterocycles. The van der Waals surface area contributed by atoms with Gasteiger partial charge in [-0.25, -0.2) is 0 Å². The van der Waals surface area contributed by atoms with E-state index in [0.717, 1.165) is 52.1 Å². The van der Waals surface area contributed by atoms with E-state index >= 15 is 0 Å². The van der Waals surface area contributed by atoms with Gasteiger partial charge in [0.05, 0.1) is 17.9 Å². The third kappa shape index (κ3) is 5.05. The molecule has 1 aliphatic rings. The number of benzene rings is 2. The molecule has 1 aromatic heterocycles. The van der Waals surface area contributed by atoms with Crippen molar-refractivity contribution < 1.29 is 9.53 Å². The Bertz CT molecular complexity index is 1030. The summed E-state index contributed by atoms with van der Waals surface area (Å²) in [5.41, 5.74) is 2.63. The fraction of sp³-hybridized carbons (Fsp3) is 0.320. The lowest BCUT2D eigenvalue weighted by Gasteiger charge is -2.35. The maximum absolute atomic E-state index is 13.1. The van der Waals surface area contributed by atoms with Crippen LogP contribution in [0.3, 0.4) is 0 Å². The SMILES string of the molecule is CCOc1ccc(-c2ccc(N3CCN(C(=O)c4ccccc4SCC)CC3)nn2)cc1. The zero-order valence-corrected chi connectivity index (χ0v) is 19.3. The summed E-state index contributed by atoms with van der Waals surface area (Å²) >= 11 is 1.71. The predicted molar refractivity (Wildman–Crippen MR) is 130 cm³/mol. The van der Waals surface area contributed by atoms with E-state index in [9.17, 15) is 4.79 Å². The molecule has 0 spiro atoms. The van der Waals surface area contributed by atoms with Gasteiger partial charge in [0.2, 0.25) is 0 Å². The summed E-state index contributed by atoms with van der Waals surface area (Å²) in [5.74, 6) is 2.75. The number of hydrogen-bond donors (Lipinski definition) is 0. The number of carbonyl (C=O) groups is 1. The number of nitrogens with zero attached hydrogens (tertiary/aromatic N) is 4. The van der Waals surface area contributed by atoms with Crippen LogP contribution in [0.1, 0.15) is 24.2 Å². The highest BCUT2D eigenvalue weighted by Crippen LogP contribution is 2.25. The van der Waals surface area contributed by atoms with Crippen LogP contribution in [0.15, 0.2) is 65.6 Å². The van der Waals surface area contributed by atoms with Gasteiger partial charge in [-0.3, -0.25) is 4.79 Å². The lowest BCUT2D eigenvalue weighted by Crippen LogP contribution is -2.49. The van der Waals surface area contributed by atoms with Crippen molar-refractivity contribution >= 4 is 23.5 Å². The summed E-state index contributed by atoms with van der Waals surface area (Å²) in [6, 6.07) is 19.8. The predicted octanol–water partition coefficient (Wildman–Crippen LogP) is 4.62. The van der Waals surface area contributed by atoms with Crippen molar-refractivity contribution in [3.63, 3.8) is 0 Å². The first-order valence-corrected chi connectivity index (χ1v) is 12.0. The molecule has 1 aliphatic heterocycles. The standard InChI is InChI=1S/C25H28N4O2S/c1-3-31-20-11-9-19(10-12-20)22-13-14-24(27-26-22)28-15-17-29(18-16-28)25(30)21-7-5-6-8-23(21)32-4-2/h5-14H,3-4,15-18H2,1-2H3. The van der Waals surface area contributed by atoms with Gasteiger partial charge in [0, 0.05) is 36.6 Å². The van der Waals surface area contributed by atoms with Crippen molar-refractivity contribution in [3.8, 4) is 17.0 Å². The Labute approximate surface area is 193 Å². The van der Waals surface area contributed by atoms with Gasteiger partial charge in [-0.1, -0.05) is 19.1 Å². The topological polar surface area (TPSA) is 58.6 Å². The van der Waals surface area contributed by atoms with E-state index in [2.05, 4.69) is 22.0 Å². The summed E-state index contributed by atoms with van der Waals surface area (Å²) in [6.45, 7) is 7.55. The number of piperazine rings is 1. The van der Waals surface area contributed by atoms with E-state index in [1.165, 1.54) is 0 Å². The van der Waals surface area contributed by atoms with Crippen molar-refractivity contribution in [1.29, 1.82) is 0 Å². The second-order valence-electron chi connectivity index (χ2n) is 7.44. The number of amides is 1. The molecular weight excluding hydrogens is 420 g/mol. The van der Waals surface area contributed by atoms with Crippen molar-refractivity contribution in [2.75, 3.05) is 43.4 Å². The first kappa shape index (κ1) is 22.1. The van der Waals surface area contributed by atoms with Gasteiger partial charge in [-0.2, -0.15) is 0 Å². The van der Waals surface area contributed by atoms with Crippen LogP contribution in [0.4, 0.5) is 5.82 Å². The molecule has 4 rings (SSSR count). The molecule has 0 N–H and O–H groups in total. The van der Waals surface area contributed by atoms with Gasteiger partial charge < -0.3 is 14.5 Å². The number of thioether (sulfide) groups is 1. The molecule has 0 bridgehead atoms. The van der Waals surface area contributed by atoms with E-state index in [4.69, 9.17) is 4.74 Å². The molecule has 0 saturated carbocycles. The largest absolute Gasteiger partial charge is 0.494 e. The minimum Gasteiger partial charge on any atom is -0.494 e. The Balaban J connectivity index is 1.37. The van der Waals surface area contributed by atoms with Gasteiger partial charge in [-0.05, 0) is 61.2 Å². The minimum atomic E-state index is 0.109. The zero-order chi connectivity index (χ0) is 22.3. The maximum Gasteiger partial charge on any atom is 0.255 e. The number of carbonyl (C=O) groups excluding carboxylic acids is 1. The summed E-state index contributed by atoms with van der Waals surface area (Å²) in [6.07, 6.45) is 0. The smallest absolute Gasteiger partial charge is 0.255 e. The highest BCUT2D eigenvalue weighted by molar-refractivity contribution is 7.99. The summed E-state index contributed by atoms with van der Waals surface area (Å²) in [4.78, 5) is 18.2. The fourth-order valence-electron chi connectivity index (χ4n) is 3.77. The van der Waals surface area contributed by atoms with Gasteiger partial charge >= 0.3 is 0 Å². The quantitative estimate of drug-likeness (QED) is 0.492. The average Bonchev–Trinajstić information content (AvgIpc) is 2.85. The molecular formula is C25H28N4O2S. The molecule has 32 heavy (non-hydrogen) atoms. The molecule has 0 radical (unpaired) electrons. The van der Waals surface area contributed by atoms with Gasteiger partial charge in [0.15, 0.2) is 5.82 Å². The summed E-state index contributed by atoms with van der Waals surface area (Å²) < 4.78 is 5.50. The van der Waals surface area contributed by atoms with E-state index in [1.807, 2.05) is 72.5 Å². The van der Waals surface area contributed by atoms with Gasteiger partial charge in [0.1, 0.15) is 5.75 Å². The van der Waals surface area contributed by atoms with Crippen LogP contribution in [0, 0.1) is 0 Å². The molecule has 166 valence electrons. The Morgan fingerprint density at radius 3 is 2.34 bits per heavy atom. The normalized spacial score (nSPS) is 13.8. The molecule has 0 aliphatic carbocycles. The minimum absolute atomic E-state index is 0.109. The van der Waals surface area contributed by atoms with E-state index in [-0.39, 0.29) is 5.91 Å². The van der Waals surface area contributed by atoms with Crippen LogP contribution in [0.5, 0.6) is 5.75 Å². The van der Waals surface area contributed by atoms with Crippen molar-refractivity contribution in [2.45, 2.75) is 18.7 Å². The fourth-order valence-corrected chi connectivity index (χ4v) is 4.57. The van der Waals surface area contributed by atoms with Crippen LogP contribution >= 0.6 is 11.8 Å². The van der Waals surface area contributed by atoms with Crippen LogP contribution in [0.2, 0.25) is 0 Å². The second kappa shape index (κ2) is 10.5. The molecule has 0 atom stereocenters. The van der Waals surface area contributed by atoms with Gasteiger partial charge in [-0.15, -0.1) is 22.0 Å². The second-order valence-corrected chi connectivity index (χ2v) is 8.75. The Morgan fingerprint density at radius 2 is 1.69 bits per heavy atom. The number of ether oxygens (including phenoxy) is 1. The third-order valence-corrected chi connectivity index (χ3v) is 6.38. The van der Waals surface area contributed by atoms with Crippen LogP contribution in [-0.4, -0.2) is 59.5 Å². The Hall–Kier alpha value is -3.06. The third-order valence-electron chi connectivity index (χ3n) is 5.42. The molecule has 2 aromatic carbocycles. The molecule has 6 nitrogen and oxygen atoms in total. The number of hydrogen-bond acceptors (Lipinski definition) is 6. The number of anilines is 1. The zero-order valence-electron chi connectivity index (χ0n) is 18.5. The Morgan fingerprint density at radius 1 is 0.938 bits per heavy atom. The van der Waals surface area contributed by atoms with Crippen LogP contribution in [0.25, 0.3) is 11.3 Å². The average molecular weight is 449 g/mol. The molecule has 7 heteroatoms. The monoisotopic (exact) mass is 448 g/mol. The first-order chi connectivity index (χ1) is 15.7. The van der Waals surface area contributed by atoms with Gasteiger partial charge in [0.25, 0.3) is 5.91 Å². The van der Waals surface area contributed by atoms with Crippen molar-refractivity contribution in [3.05, 3.63) is 66.2 Å². The van der Waals surface area contributed by atoms with Crippen molar-refractivity contribution in [1.82, 2.24) is 15.1 Å². The van der Waals surface area contributed by atoms with Crippen molar-refractivity contribution in [2.24, 2.45) is 0 Å². The maximum atomic E-state index is 13.1. The Kier molecular flexibility index (Phi) is 7.27. The van der Waals surface area contributed by atoms with Crippen LogP contribution < -0.4 is 9.64 Å². The highest BCUT2D eigenvalue weighted by Gasteiger charge is 2.24. The molecule has 1 fully saturated rings. The molecule has 0 unspecified atom stereocenters. The van der Waals surface area contributed by atoms with E-state index in [1.54, 1.807) is 11.8 Å². The van der Waals surface area contributed by atoms with E-state index < -0.39 is 0 Å². The number of aromatic nitrogens is 2. The first-order valence-electron chi connectivity index (χ1n) is 11.0. The lowest BCUT2D eigenvalue weighted by atomic mass is 10.1. The number of rotatable bonds is 7. The summed E-state index contributed by atoms with van der Waals surface area (Å²) in [7, 11) is 0.